The van der Waals surface area contributed by atoms with Gasteiger partial charge in [0.2, 0.25) is 0 Å². The van der Waals surface area contributed by atoms with Crippen molar-refractivity contribution in [3.8, 4) is 5.00 Å². The Balaban J connectivity index is 2.47. The zero-order valence-corrected chi connectivity index (χ0v) is 9.15. The molecule has 4 heteroatoms. The summed E-state index contributed by atoms with van der Waals surface area (Å²) in [6.07, 6.45) is 1.61. The number of aromatic nitrogens is 2. The first kappa shape index (κ1) is 9.30. The van der Waals surface area contributed by atoms with Crippen molar-refractivity contribution >= 4 is 22.2 Å². The lowest BCUT2D eigenvalue weighted by Crippen LogP contribution is -2.20. The Morgan fingerprint density at radius 3 is 2.81 bits per heavy atom. The van der Waals surface area contributed by atoms with Gasteiger partial charge in [0.25, 0.3) is 0 Å². The lowest BCUT2D eigenvalue weighted by Gasteiger charge is -2.05. The predicted octanol–water partition coefficient (Wildman–Crippen LogP) is 2.45. The average molecular weight is 228 g/mol. The van der Waals surface area contributed by atoms with Crippen molar-refractivity contribution < 1.29 is 0 Å². The van der Waals surface area contributed by atoms with Crippen molar-refractivity contribution in [2.45, 2.75) is 0 Å². The van der Waals surface area contributed by atoms with Crippen LogP contribution >= 0.6 is 11.3 Å². The van der Waals surface area contributed by atoms with Crippen molar-refractivity contribution in [2.75, 3.05) is 0 Å². The van der Waals surface area contributed by atoms with Crippen molar-refractivity contribution in [3.05, 3.63) is 58.5 Å². The summed E-state index contributed by atoms with van der Waals surface area (Å²) in [7, 11) is 0. The highest BCUT2D eigenvalue weighted by atomic mass is 32.1. The molecule has 3 aromatic rings. The van der Waals surface area contributed by atoms with E-state index in [1.807, 2.05) is 41.8 Å². The predicted molar refractivity (Wildman–Crippen MR) is 65.2 cm³/mol. The van der Waals surface area contributed by atoms with E-state index in [1.165, 1.54) is 11.3 Å². The maximum atomic E-state index is 11.8. The first-order valence-electron chi connectivity index (χ1n) is 4.87. The van der Waals surface area contributed by atoms with Crippen LogP contribution in [0.4, 0.5) is 0 Å². The van der Waals surface area contributed by atoms with E-state index >= 15 is 0 Å². The van der Waals surface area contributed by atoms with E-state index in [2.05, 4.69) is 4.98 Å². The monoisotopic (exact) mass is 228 g/mol. The van der Waals surface area contributed by atoms with Gasteiger partial charge >= 0.3 is 5.69 Å². The zero-order chi connectivity index (χ0) is 11.0. The summed E-state index contributed by atoms with van der Waals surface area (Å²) >= 11 is 1.53. The number of para-hydroxylation sites is 1. The Kier molecular flexibility index (Phi) is 2.08. The second-order valence-electron chi connectivity index (χ2n) is 3.39. The second kappa shape index (κ2) is 3.57. The molecule has 0 N–H and O–H groups in total. The van der Waals surface area contributed by atoms with Crippen LogP contribution in [0.5, 0.6) is 0 Å². The molecule has 0 aliphatic rings. The SMILES string of the molecule is O=c1ncc2ccccc2n1-c1cccs1. The quantitative estimate of drug-likeness (QED) is 0.641. The molecule has 0 saturated carbocycles. The minimum atomic E-state index is -0.235. The third-order valence-electron chi connectivity index (χ3n) is 2.41. The molecule has 0 saturated heterocycles. The van der Waals surface area contributed by atoms with E-state index < -0.39 is 0 Å². The molecule has 0 fully saturated rings. The standard InChI is InChI=1S/C12H8N2OS/c15-12-13-8-9-4-1-2-5-10(9)14(12)11-6-3-7-16-11/h1-8H. The first-order valence-corrected chi connectivity index (χ1v) is 5.75. The fourth-order valence-corrected chi connectivity index (χ4v) is 2.43. The zero-order valence-electron chi connectivity index (χ0n) is 8.33. The molecule has 78 valence electrons. The van der Waals surface area contributed by atoms with Gasteiger partial charge < -0.3 is 0 Å². The molecule has 0 bridgehead atoms. The van der Waals surface area contributed by atoms with Crippen LogP contribution in [0.25, 0.3) is 15.9 Å². The molecular weight excluding hydrogens is 220 g/mol. The number of hydrogen-bond acceptors (Lipinski definition) is 3. The van der Waals surface area contributed by atoms with Crippen LogP contribution in [0.1, 0.15) is 0 Å². The van der Waals surface area contributed by atoms with Gasteiger partial charge in [-0.15, -0.1) is 11.3 Å². The number of rotatable bonds is 1. The molecule has 0 spiro atoms. The molecule has 2 aromatic heterocycles. The minimum Gasteiger partial charge on any atom is -0.251 e. The van der Waals surface area contributed by atoms with Crippen LogP contribution < -0.4 is 5.69 Å². The highest BCUT2D eigenvalue weighted by Gasteiger charge is 2.05. The summed E-state index contributed by atoms with van der Waals surface area (Å²) in [6.45, 7) is 0. The Hall–Kier alpha value is -1.94. The topological polar surface area (TPSA) is 34.9 Å². The second-order valence-corrected chi connectivity index (χ2v) is 4.31. The summed E-state index contributed by atoms with van der Waals surface area (Å²) < 4.78 is 1.64. The Morgan fingerprint density at radius 2 is 2.00 bits per heavy atom. The molecule has 0 amide bonds. The Morgan fingerprint density at radius 1 is 1.12 bits per heavy atom. The Labute approximate surface area is 95.6 Å². The number of nitrogens with zero attached hydrogens (tertiary/aromatic N) is 2. The van der Waals surface area contributed by atoms with Gasteiger partial charge in [-0.1, -0.05) is 18.2 Å². The van der Waals surface area contributed by atoms with Gasteiger partial charge in [0, 0.05) is 11.6 Å². The summed E-state index contributed by atoms with van der Waals surface area (Å²) in [5.41, 5.74) is 0.658. The van der Waals surface area contributed by atoms with E-state index in [9.17, 15) is 4.79 Å². The van der Waals surface area contributed by atoms with Crippen molar-refractivity contribution in [2.24, 2.45) is 0 Å². The number of thiophene rings is 1. The fourth-order valence-electron chi connectivity index (χ4n) is 1.70. The summed E-state index contributed by atoms with van der Waals surface area (Å²) in [4.78, 5) is 15.7. The summed E-state index contributed by atoms with van der Waals surface area (Å²) in [5.74, 6) is 0. The van der Waals surface area contributed by atoms with Gasteiger partial charge in [-0.05, 0) is 23.6 Å². The normalized spacial score (nSPS) is 10.8. The van der Waals surface area contributed by atoms with Crippen molar-refractivity contribution in [1.29, 1.82) is 0 Å². The van der Waals surface area contributed by atoms with Crippen LogP contribution in [0.3, 0.4) is 0 Å². The van der Waals surface area contributed by atoms with Crippen molar-refractivity contribution in [3.63, 3.8) is 0 Å². The number of fused-ring (bicyclic) bond motifs is 1. The molecule has 0 aliphatic heterocycles. The number of benzene rings is 1. The molecule has 0 aliphatic carbocycles. The van der Waals surface area contributed by atoms with E-state index in [0.717, 1.165) is 15.9 Å². The first-order chi connectivity index (χ1) is 7.86. The largest absolute Gasteiger partial charge is 0.353 e. The molecule has 3 rings (SSSR count). The molecule has 16 heavy (non-hydrogen) atoms. The summed E-state index contributed by atoms with van der Waals surface area (Å²) in [5, 5.41) is 3.81. The van der Waals surface area contributed by atoms with E-state index in [-0.39, 0.29) is 5.69 Å². The molecule has 0 radical (unpaired) electrons. The van der Waals surface area contributed by atoms with E-state index in [4.69, 9.17) is 0 Å². The fraction of sp³-hybridized carbons (Fsp3) is 0. The highest BCUT2D eigenvalue weighted by Crippen LogP contribution is 2.18. The van der Waals surface area contributed by atoms with Gasteiger partial charge in [0.05, 0.1) is 5.52 Å². The van der Waals surface area contributed by atoms with Gasteiger partial charge in [-0.3, -0.25) is 4.57 Å². The minimum absolute atomic E-state index is 0.235. The summed E-state index contributed by atoms with van der Waals surface area (Å²) in [6, 6.07) is 11.6. The lowest BCUT2D eigenvalue weighted by atomic mass is 10.2. The Bertz CT molecular complexity index is 686. The highest BCUT2D eigenvalue weighted by molar-refractivity contribution is 7.12. The third kappa shape index (κ3) is 1.35. The molecule has 2 heterocycles. The molecular formula is C12H8N2OS. The molecule has 0 atom stereocenters. The van der Waals surface area contributed by atoms with Crippen molar-refractivity contribution in [1.82, 2.24) is 9.55 Å². The van der Waals surface area contributed by atoms with E-state index in [1.54, 1.807) is 10.8 Å². The van der Waals surface area contributed by atoms with Crippen LogP contribution in [0.15, 0.2) is 52.8 Å². The van der Waals surface area contributed by atoms with Crippen LogP contribution in [-0.2, 0) is 0 Å². The smallest absolute Gasteiger partial charge is 0.251 e. The van der Waals surface area contributed by atoms with Gasteiger partial charge in [-0.25, -0.2) is 9.78 Å². The molecule has 0 unspecified atom stereocenters. The lowest BCUT2D eigenvalue weighted by molar-refractivity contribution is 0.977. The molecule has 1 aromatic carbocycles. The maximum Gasteiger partial charge on any atom is 0.353 e. The maximum absolute atomic E-state index is 11.8. The van der Waals surface area contributed by atoms with E-state index in [0.29, 0.717) is 0 Å². The van der Waals surface area contributed by atoms with Gasteiger partial charge in [0.1, 0.15) is 5.00 Å². The van der Waals surface area contributed by atoms with Gasteiger partial charge in [-0.2, -0.15) is 0 Å². The van der Waals surface area contributed by atoms with Gasteiger partial charge in [0.15, 0.2) is 0 Å². The average Bonchev–Trinajstić information content (AvgIpc) is 2.82. The third-order valence-corrected chi connectivity index (χ3v) is 3.26. The molecule has 3 nitrogen and oxygen atoms in total. The number of hydrogen-bond donors (Lipinski definition) is 0. The van der Waals surface area contributed by atoms with Crippen LogP contribution in [0, 0.1) is 0 Å². The van der Waals surface area contributed by atoms with Crippen LogP contribution in [0.2, 0.25) is 0 Å². The van der Waals surface area contributed by atoms with Crippen LogP contribution in [-0.4, -0.2) is 9.55 Å².